The molecule has 0 bridgehead atoms. The summed E-state index contributed by atoms with van der Waals surface area (Å²) >= 11 is 0. The zero-order valence-electron chi connectivity index (χ0n) is 16.9. The molecular weight excluding hydrogens is 442 g/mol. The number of aryl methyl sites for hydroxylation is 1. The van der Waals surface area contributed by atoms with Crippen molar-refractivity contribution < 1.29 is 26.7 Å². The smallest absolute Gasteiger partial charge is 0.326 e. The maximum atomic E-state index is 12.3. The third-order valence-electron chi connectivity index (χ3n) is 5.63. The monoisotopic (exact) mass is 465 g/mol. The number of fused-ring (bicyclic) bond motifs is 1. The molecule has 0 aromatic heterocycles. The summed E-state index contributed by atoms with van der Waals surface area (Å²) in [6.07, 6.45) is 2.85. The second kappa shape index (κ2) is 7.81. The minimum absolute atomic E-state index is 0.0199. The lowest BCUT2D eigenvalue weighted by molar-refractivity contribution is -0.117. The molecule has 0 saturated carbocycles. The molecule has 2 N–H and O–H groups in total. The van der Waals surface area contributed by atoms with Gasteiger partial charge in [0.15, 0.2) is 0 Å². The third-order valence-corrected chi connectivity index (χ3v) is 8.30. The van der Waals surface area contributed by atoms with Crippen LogP contribution in [0.15, 0.2) is 42.5 Å². The van der Waals surface area contributed by atoms with Crippen LogP contribution in [0.2, 0.25) is 0 Å². The Kier molecular flexibility index (Phi) is 5.44. The van der Waals surface area contributed by atoms with Crippen molar-refractivity contribution in [3.63, 3.8) is 0 Å². The first-order chi connectivity index (χ1) is 14.5. The molecule has 0 spiro atoms. The van der Waals surface area contributed by atoms with E-state index < -0.39 is 26.1 Å². The summed E-state index contributed by atoms with van der Waals surface area (Å²) in [6.45, 7) is -0.0578. The zero-order valence-corrected chi connectivity index (χ0v) is 18.5. The van der Waals surface area contributed by atoms with Crippen LogP contribution in [-0.2, 0) is 44.4 Å². The van der Waals surface area contributed by atoms with E-state index in [-0.39, 0.29) is 24.0 Å². The standard InChI is InChI=1S/C20H23N3O6S2/c1-30(26,27)22-12-16-5-3-2-4-15(16)11-17(22)8-6-14-7-9-18(19(24)10-14)23-13-20(25)21-31(23,28)29/h2-5,7,9-10,17,24H,6,8,11-13H2,1H3,(H,21,25)/t17-/m1/s1. The van der Waals surface area contributed by atoms with Crippen molar-refractivity contribution in [1.82, 2.24) is 9.03 Å². The quantitative estimate of drug-likeness (QED) is 0.676. The topological polar surface area (TPSA) is 124 Å². The van der Waals surface area contributed by atoms with Gasteiger partial charge in [-0.1, -0.05) is 30.3 Å². The van der Waals surface area contributed by atoms with Crippen molar-refractivity contribution in [1.29, 1.82) is 0 Å². The van der Waals surface area contributed by atoms with Crippen molar-refractivity contribution in [3.05, 3.63) is 59.2 Å². The van der Waals surface area contributed by atoms with Crippen LogP contribution in [0.4, 0.5) is 5.69 Å². The lowest BCUT2D eigenvalue weighted by Gasteiger charge is -2.35. The molecule has 2 aliphatic heterocycles. The number of hydrogen-bond acceptors (Lipinski definition) is 6. The molecule has 2 aromatic rings. The van der Waals surface area contributed by atoms with Gasteiger partial charge in [-0.25, -0.2) is 17.4 Å². The fraction of sp³-hybridized carbons (Fsp3) is 0.350. The van der Waals surface area contributed by atoms with Gasteiger partial charge in [0.25, 0.3) is 5.91 Å². The van der Waals surface area contributed by atoms with E-state index in [1.54, 1.807) is 6.07 Å². The molecule has 2 heterocycles. The summed E-state index contributed by atoms with van der Waals surface area (Å²) in [5, 5.41) is 10.4. The van der Waals surface area contributed by atoms with Crippen LogP contribution in [0, 0.1) is 0 Å². The summed E-state index contributed by atoms with van der Waals surface area (Å²) in [4.78, 5) is 11.4. The Balaban J connectivity index is 1.52. The van der Waals surface area contributed by atoms with Crippen molar-refractivity contribution in [2.45, 2.75) is 31.8 Å². The summed E-state index contributed by atoms with van der Waals surface area (Å²) in [7, 11) is -7.40. The number of carbonyl (C=O) groups is 1. The number of amides is 1. The normalized spacial score (nSPS) is 21.0. The van der Waals surface area contributed by atoms with E-state index in [1.807, 2.05) is 29.0 Å². The Hall–Kier alpha value is -2.63. The van der Waals surface area contributed by atoms with Crippen LogP contribution < -0.4 is 9.03 Å². The fourth-order valence-electron chi connectivity index (χ4n) is 4.13. The lowest BCUT2D eigenvalue weighted by Crippen LogP contribution is -2.43. The maximum Gasteiger partial charge on any atom is 0.326 e. The number of rotatable bonds is 5. The van der Waals surface area contributed by atoms with E-state index >= 15 is 0 Å². The molecule has 1 saturated heterocycles. The number of carbonyl (C=O) groups excluding carboxylic acids is 1. The largest absolute Gasteiger partial charge is 0.506 e. The maximum absolute atomic E-state index is 12.3. The predicted molar refractivity (Wildman–Crippen MR) is 115 cm³/mol. The molecule has 0 aliphatic carbocycles. The number of anilines is 1. The molecule has 4 rings (SSSR count). The highest BCUT2D eigenvalue weighted by Gasteiger charge is 2.35. The minimum atomic E-state index is -4.01. The summed E-state index contributed by atoms with van der Waals surface area (Å²) in [6, 6.07) is 12.1. The number of phenols is 1. The minimum Gasteiger partial charge on any atom is -0.506 e. The van der Waals surface area contributed by atoms with Crippen LogP contribution in [0.1, 0.15) is 23.1 Å². The van der Waals surface area contributed by atoms with Gasteiger partial charge >= 0.3 is 10.2 Å². The van der Waals surface area contributed by atoms with E-state index in [2.05, 4.69) is 0 Å². The highest BCUT2D eigenvalue weighted by Crippen LogP contribution is 2.33. The summed E-state index contributed by atoms with van der Waals surface area (Å²) < 4.78 is 52.9. The molecule has 1 atom stereocenters. The summed E-state index contributed by atoms with van der Waals surface area (Å²) in [5.41, 5.74) is 2.89. The van der Waals surface area contributed by atoms with Crippen molar-refractivity contribution in [2.75, 3.05) is 17.1 Å². The van der Waals surface area contributed by atoms with Crippen LogP contribution in [0.5, 0.6) is 5.75 Å². The number of nitrogens with zero attached hydrogens (tertiary/aromatic N) is 2. The highest BCUT2D eigenvalue weighted by atomic mass is 32.2. The van der Waals surface area contributed by atoms with Crippen LogP contribution in [-0.4, -0.2) is 51.0 Å². The molecule has 1 amide bonds. The van der Waals surface area contributed by atoms with E-state index in [9.17, 15) is 26.7 Å². The Morgan fingerprint density at radius 2 is 1.84 bits per heavy atom. The fourth-order valence-corrected chi connectivity index (χ4v) is 6.39. The molecule has 1 fully saturated rings. The van der Waals surface area contributed by atoms with E-state index in [1.165, 1.54) is 22.7 Å². The highest BCUT2D eigenvalue weighted by molar-refractivity contribution is 7.92. The molecule has 166 valence electrons. The van der Waals surface area contributed by atoms with Crippen molar-refractivity contribution in [2.24, 2.45) is 0 Å². The second-order valence-corrected chi connectivity index (χ2v) is 11.4. The molecule has 0 unspecified atom stereocenters. The average Bonchev–Trinajstić information content (AvgIpc) is 2.96. The first-order valence-electron chi connectivity index (χ1n) is 9.73. The molecule has 0 radical (unpaired) electrons. The molecule has 9 nitrogen and oxygen atoms in total. The zero-order chi connectivity index (χ0) is 22.4. The van der Waals surface area contributed by atoms with Crippen LogP contribution in [0.3, 0.4) is 0 Å². The van der Waals surface area contributed by atoms with Gasteiger partial charge in [-0.2, -0.15) is 12.7 Å². The van der Waals surface area contributed by atoms with Crippen LogP contribution in [0.25, 0.3) is 0 Å². The van der Waals surface area contributed by atoms with E-state index in [4.69, 9.17) is 0 Å². The van der Waals surface area contributed by atoms with Gasteiger partial charge < -0.3 is 5.11 Å². The SMILES string of the molecule is CS(=O)(=O)N1Cc2ccccc2C[C@H]1CCc1ccc(N2CC(=O)NS2(=O)=O)c(O)c1. The van der Waals surface area contributed by atoms with Gasteiger partial charge in [-0.3, -0.25) is 4.79 Å². The first-order valence-corrected chi connectivity index (χ1v) is 13.0. The second-order valence-electron chi connectivity index (χ2n) is 7.83. The van der Waals surface area contributed by atoms with Gasteiger partial charge in [0.2, 0.25) is 10.0 Å². The Morgan fingerprint density at radius 1 is 1.13 bits per heavy atom. The number of benzene rings is 2. The lowest BCUT2D eigenvalue weighted by atomic mass is 9.92. The van der Waals surface area contributed by atoms with E-state index in [0.29, 0.717) is 25.8 Å². The summed E-state index contributed by atoms with van der Waals surface area (Å²) in [5.74, 6) is -0.923. The first kappa shape index (κ1) is 21.6. The van der Waals surface area contributed by atoms with Gasteiger partial charge in [0.05, 0.1) is 11.9 Å². The molecule has 11 heteroatoms. The average molecular weight is 466 g/mol. The Bertz CT molecular complexity index is 1240. The molecular formula is C20H23N3O6S2. The molecule has 2 aliphatic rings. The van der Waals surface area contributed by atoms with Gasteiger partial charge in [-0.15, -0.1) is 0 Å². The number of phenolic OH excluding ortho intramolecular Hbond substituents is 1. The van der Waals surface area contributed by atoms with E-state index in [0.717, 1.165) is 21.0 Å². The van der Waals surface area contributed by atoms with Gasteiger partial charge in [0, 0.05) is 12.6 Å². The van der Waals surface area contributed by atoms with Crippen LogP contribution >= 0.6 is 0 Å². The van der Waals surface area contributed by atoms with Gasteiger partial charge in [-0.05, 0) is 48.1 Å². The van der Waals surface area contributed by atoms with Gasteiger partial charge in [0.1, 0.15) is 12.3 Å². The number of sulfonamides is 1. The number of aromatic hydroxyl groups is 1. The van der Waals surface area contributed by atoms with Crippen molar-refractivity contribution >= 4 is 31.8 Å². The van der Waals surface area contributed by atoms with Crippen molar-refractivity contribution in [3.8, 4) is 5.75 Å². The molecule has 2 aromatic carbocycles. The Labute approximate surface area is 181 Å². The molecule has 31 heavy (non-hydrogen) atoms. The Morgan fingerprint density at radius 3 is 2.45 bits per heavy atom. The number of hydrogen-bond donors (Lipinski definition) is 2. The predicted octanol–water partition coefficient (Wildman–Crippen LogP) is 0.892. The third kappa shape index (κ3) is 4.39. The number of nitrogens with one attached hydrogen (secondary N) is 1.